The number of likely N-dealkylation sites (tertiary alicyclic amines) is 1. The van der Waals surface area contributed by atoms with E-state index in [0.717, 1.165) is 0 Å². The minimum atomic E-state index is -1.35. The number of aliphatic hydroxyl groups excluding tert-OH is 4. The van der Waals surface area contributed by atoms with Crippen LogP contribution in [0.25, 0.3) is 0 Å². The van der Waals surface area contributed by atoms with Crippen molar-refractivity contribution in [2.75, 3.05) is 26.3 Å². The van der Waals surface area contributed by atoms with Crippen LogP contribution in [0.2, 0.25) is 0 Å². The molecule has 7 heteroatoms. The van der Waals surface area contributed by atoms with E-state index in [1.807, 2.05) is 0 Å². The molecular formula is C9H17NO6. The van der Waals surface area contributed by atoms with Gasteiger partial charge in [0.05, 0.1) is 25.4 Å². The van der Waals surface area contributed by atoms with Gasteiger partial charge in [0.1, 0.15) is 6.04 Å². The molecule has 16 heavy (non-hydrogen) atoms. The van der Waals surface area contributed by atoms with Crippen molar-refractivity contribution in [2.24, 2.45) is 5.92 Å². The molecule has 4 atom stereocenters. The van der Waals surface area contributed by atoms with Crippen molar-refractivity contribution in [3.63, 3.8) is 0 Å². The van der Waals surface area contributed by atoms with Crippen LogP contribution in [0.5, 0.6) is 0 Å². The van der Waals surface area contributed by atoms with Crippen molar-refractivity contribution in [1.82, 2.24) is 4.90 Å². The molecule has 0 amide bonds. The number of hydrogen-bond donors (Lipinski definition) is 5. The molecule has 0 aromatic carbocycles. The number of rotatable bonds is 4. The van der Waals surface area contributed by atoms with Crippen molar-refractivity contribution < 1.29 is 30.3 Å². The van der Waals surface area contributed by atoms with Gasteiger partial charge in [-0.25, -0.2) is 0 Å². The molecule has 1 heterocycles. The maximum Gasteiger partial charge on any atom is 0.323 e. The Bertz CT molecular complexity index is 246. The predicted octanol–water partition coefficient (Wildman–Crippen LogP) is -2.92. The first-order chi connectivity index (χ1) is 7.52. The lowest BCUT2D eigenvalue weighted by Crippen LogP contribution is -2.62. The van der Waals surface area contributed by atoms with Gasteiger partial charge in [0, 0.05) is 19.0 Å². The van der Waals surface area contributed by atoms with Crippen molar-refractivity contribution >= 4 is 5.97 Å². The fourth-order valence-corrected chi connectivity index (χ4v) is 2.06. The lowest BCUT2D eigenvalue weighted by molar-refractivity contribution is -0.163. The number of aliphatic hydroxyl groups is 4. The topological polar surface area (TPSA) is 121 Å². The average molecular weight is 235 g/mol. The van der Waals surface area contributed by atoms with Crippen molar-refractivity contribution in [3.05, 3.63) is 0 Å². The number of carboxylic acid groups (broad SMARTS) is 1. The summed E-state index contributed by atoms with van der Waals surface area (Å²) in [6.45, 7) is -0.658. The van der Waals surface area contributed by atoms with Gasteiger partial charge < -0.3 is 25.5 Å². The molecule has 7 nitrogen and oxygen atoms in total. The normalized spacial score (nSPS) is 36.2. The van der Waals surface area contributed by atoms with E-state index in [2.05, 4.69) is 0 Å². The molecule has 1 saturated heterocycles. The largest absolute Gasteiger partial charge is 0.480 e. The Balaban J connectivity index is 2.84. The van der Waals surface area contributed by atoms with Crippen LogP contribution >= 0.6 is 0 Å². The highest BCUT2D eigenvalue weighted by Crippen LogP contribution is 2.23. The summed E-state index contributed by atoms with van der Waals surface area (Å²) >= 11 is 0. The fraction of sp³-hybridized carbons (Fsp3) is 0.889. The van der Waals surface area contributed by atoms with E-state index in [1.54, 1.807) is 0 Å². The molecule has 0 radical (unpaired) electrons. The summed E-state index contributed by atoms with van der Waals surface area (Å²) in [6, 6.07) is -1.20. The zero-order valence-corrected chi connectivity index (χ0v) is 8.73. The maximum atomic E-state index is 11.0. The lowest BCUT2D eigenvalue weighted by atomic mass is 9.86. The van der Waals surface area contributed by atoms with Gasteiger partial charge in [-0.3, -0.25) is 9.69 Å². The predicted molar refractivity (Wildman–Crippen MR) is 52.7 cm³/mol. The highest BCUT2D eigenvalue weighted by Gasteiger charge is 2.45. The third-order valence-corrected chi connectivity index (χ3v) is 2.92. The zero-order valence-electron chi connectivity index (χ0n) is 8.73. The zero-order chi connectivity index (χ0) is 12.3. The molecule has 1 aliphatic heterocycles. The van der Waals surface area contributed by atoms with Crippen LogP contribution in [-0.4, -0.2) is 81.0 Å². The van der Waals surface area contributed by atoms with Crippen LogP contribution in [0.15, 0.2) is 0 Å². The third-order valence-electron chi connectivity index (χ3n) is 2.92. The van der Waals surface area contributed by atoms with E-state index in [1.165, 1.54) is 4.90 Å². The van der Waals surface area contributed by atoms with Crippen LogP contribution in [0.1, 0.15) is 0 Å². The Morgan fingerprint density at radius 3 is 2.38 bits per heavy atom. The van der Waals surface area contributed by atoms with Gasteiger partial charge in [0.15, 0.2) is 0 Å². The maximum absolute atomic E-state index is 11.0. The van der Waals surface area contributed by atoms with Crippen LogP contribution in [-0.2, 0) is 4.79 Å². The van der Waals surface area contributed by atoms with E-state index in [0.29, 0.717) is 0 Å². The molecule has 1 fully saturated rings. The Labute approximate surface area is 92.5 Å². The second kappa shape index (κ2) is 5.55. The van der Waals surface area contributed by atoms with E-state index in [9.17, 15) is 15.0 Å². The quantitative estimate of drug-likeness (QED) is 0.354. The number of hydrogen-bond acceptors (Lipinski definition) is 6. The van der Waals surface area contributed by atoms with Crippen molar-refractivity contribution in [2.45, 2.75) is 18.2 Å². The molecule has 5 N–H and O–H groups in total. The number of carbonyl (C=O) groups is 1. The first-order valence-electron chi connectivity index (χ1n) is 5.07. The molecule has 0 spiro atoms. The van der Waals surface area contributed by atoms with Gasteiger partial charge in [-0.05, 0) is 0 Å². The molecule has 0 aliphatic carbocycles. The van der Waals surface area contributed by atoms with Crippen LogP contribution in [0.3, 0.4) is 0 Å². The Hall–Kier alpha value is -0.730. The summed E-state index contributed by atoms with van der Waals surface area (Å²) in [5.41, 5.74) is 0. The van der Waals surface area contributed by atoms with E-state index >= 15 is 0 Å². The van der Waals surface area contributed by atoms with Gasteiger partial charge in [-0.2, -0.15) is 0 Å². The van der Waals surface area contributed by atoms with E-state index in [-0.39, 0.29) is 19.7 Å². The van der Waals surface area contributed by atoms with Gasteiger partial charge >= 0.3 is 5.97 Å². The first-order valence-corrected chi connectivity index (χ1v) is 5.07. The summed E-state index contributed by atoms with van der Waals surface area (Å²) in [7, 11) is 0. The minimum absolute atomic E-state index is 0.0137. The van der Waals surface area contributed by atoms with Gasteiger partial charge in [0.25, 0.3) is 0 Å². The summed E-state index contributed by atoms with van der Waals surface area (Å²) in [6.07, 6.45) is -2.35. The number of β-amino-alcohol motifs (C(OH)–C–C–N with tert-alkyl or cyclic N) is 2. The SMILES string of the molecule is O=C(O)[C@@H]1[C@@H](O)[C@H](CO)[C@@H](O)CN1CCO. The third kappa shape index (κ3) is 2.50. The molecule has 1 rings (SSSR count). The summed E-state index contributed by atoms with van der Waals surface area (Å²) < 4.78 is 0. The van der Waals surface area contributed by atoms with Gasteiger partial charge in [-0.1, -0.05) is 0 Å². The Morgan fingerprint density at radius 1 is 1.31 bits per heavy atom. The van der Waals surface area contributed by atoms with Crippen LogP contribution < -0.4 is 0 Å². The monoisotopic (exact) mass is 235 g/mol. The number of nitrogens with zero attached hydrogens (tertiary/aromatic N) is 1. The first kappa shape index (κ1) is 13.3. The number of carboxylic acids is 1. The molecule has 0 aromatic rings. The number of aliphatic carboxylic acids is 1. The molecule has 0 unspecified atom stereocenters. The number of piperidine rings is 1. The Morgan fingerprint density at radius 2 is 1.94 bits per heavy atom. The highest BCUT2D eigenvalue weighted by atomic mass is 16.4. The molecule has 0 aromatic heterocycles. The van der Waals surface area contributed by atoms with Crippen LogP contribution in [0, 0.1) is 5.92 Å². The highest BCUT2D eigenvalue weighted by molar-refractivity contribution is 5.74. The Kier molecular flexibility index (Phi) is 4.63. The second-order valence-electron chi connectivity index (χ2n) is 3.91. The standard InChI is InChI=1S/C9H17NO6/c11-2-1-10-3-6(13)5(4-12)8(14)7(10)9(15)16/h5-8,11-14H,1-4H2,(H,15,16)/t5-,6+,7+,8+/m1/s1. The smallest absolute Gasteiger partial charge is 0.323 e. The summed E-state index contributed by atoms with van der Waals surface area (Å²) in [4.78, 5) is 12.3. The molecule has 0 saturated carbocycles. The van der Waals surface area contributed by atoms with Gasteiger partial charge in [-0.15, -0.1) is 0 Å². The molecular weight excluding hydrogens is 218 g/mol. The molecule has 94 valence electrons. The fourth-order valence-electron chi connectivity index (χ4n) is 2.06. The van der Waals surface area contributed by atoms with Crippen molar-refractivity contribution in [3.8, 4) is 0 Å². The van der Waals surface area contributed by atoms with E-state index in [4.69, 9.17) is 15.3 Å². The molecule has 1 aliphatic rings. The van der Waals surface area contributed by atoms with Gasteiger partial charge in [0.2, 0.25) is 0 Å². The lowest BCUT2D eigenvalue weighted by Gasteiger charge is -2.42. The average Bonchev–Trinajstić information content (AvgIpc) is 2.17. The molecule has 0 bridgehead atoms. The minimum Gasteiger partial charge on any atom is -0.480 e. The van der Waals surface area contributed by atoms with E-state index < -0.39 is 36.7 Å². The van der Waals surface area contributed by atoms with Crippen LogP contribution in [0.4, 0.5) is 0 Å². The summed E-state index contributed by atoms with van der Waals surface area (Å²) in [5, 5.41) is 46.0. The summed E-state index contributed by atoms with van der Waals surface area (Å²) in [5.74, 6) is -2.10. The van der Waals surface area contributed by atoms with Crippen molar-refractivity contribution in [1.29, 1.82) is 0 Å². The second-order valence-corrected chi connectivity index (χ2v) is 3.91.